The molecule has 1 aromatic rings. The van der Waals surface area contributed by atoms with Crippen LogP contribution in [0.15, 0.2) is 17.4 Å². The predicted molar refractivity (Wildman–Crippen MR) is 272 cm³/mol. The molecule has 28 nitrogen and oxygen atoms in total. The molecular weight excluding hydrogens is 953 g/mol. The number of likely N-dealkylation sites (N-methyl/N-ethyl adjacent to an activating group) is 2. The summed E-state index contributed by atoms with van der Waals surface area (Å²) >= 11 is 0. The number of anilines is 3. The fraction of sp³-hybridized carbons (Fsp3) is 0.727. The number of hydrogen-bond donors (Lipinski definition) is 11. The third-order valence-electron chi connectivity index (χ3n) is 8.63. The molecule has 0 aromatic carbocycles. The second kappa shape index (κ2) is 50.4. The van der Waals surface area contributed by atoms with Gasteiger partial charge in [0, 0.05) is 47.9 Å². The number of aromatic nitrogens is 2. The number of aliphatic hydroxyl groups excluding tert-OH is 2. The van der Waals surface area contributed by atoms with E-state index < -0.39 is 48.0 Å². The number of carbonyl (C=O) groups is 6. The van der Waals surface area contributed by atoms with E-state index in [4.69, 9.17) is 60.4 Å². The van der Waals surface area contributed by atoms with Crippen LogP contribution in [0, 0.1) is 5.92 Å². The van der Waals surface area contributed by atoms with Crippen LogP contribution in [0.4, 0.5) is 22.2 Å². The van der Waals surface area contributed by atoms with E-state index in [2.05, 4.69) is 44.7 Å². The van der Waals surface area contributed by atoms with Crippen LogP contribution < -0.4 is 54.5 Å². The number of H-pyrrole nitrogens is 1. The molecule has 1 aliphatic rings. The number of nitrogens with zero attached hydrogens (tertiary/aromatic N) is 3. The SMILES string of the molecule is C=CCN(C)c1c(NC)nc(N)[nH]c1=O.C=O.CC.CC(C)C(NC(=O)COCCOCCOCCOCCOCC(=O)NN)C(=O)NCC(=O)NCCN(C)C(=O)O[C@H]1COCC1O.CCCCN.CO. The van der Waals surface area contributed by atoms with Crippen molar-refractivity contribution >= 4 is 54.0 Å². The summed E-state index contributed by atoms with van der Waals surface area (Å²) < 4.78 is 36.5. The summed E-state index contributed by atoms with van der Waals surface area (Å²) in [6, 6.07) is -0.887. The molecule has 1 aromatic heterocycles. The summed E-state index contributed by atoms with van der Waals surface area (Å²) in [6.45, 7) is 18.7. The summed E-state index contributed by atoms with van der Waals surface area (Å²) in [5.74, 6) is 3.29. The summed E-state index contributed by atoms with van der Waals surface area (Å²) in [5.41, 5.74) is 12.7. The highest BCUT2D eigenvalue weighted by Gasteiger charge is 2.31. The smallest absolute Gasteiger partial charge is 0.410 e. The molecule has 0 radical (unpaired) electrons. The van der Waals surface area contributed by atoms with E-state index in [1.54, 1.807) is 38.9 Å². The molecular formula is C44H88N12O16. The van der Waals surface area contributed by atoms with Gasteiger partial charge in [0.15, 0.2) is 11.9 Å². The van der Waals surface area contributed by atoms with Crippen LogP contribution in [0.3, 0.4) is 0 Å². The number of hydrogen-bond acceptors (Lipinski definition) is 22. The number of hydrazine groups is 1. The summed E-state index contributed by atoms with van der Waals surface area (Å²) in [6.07, 6.45) is 1.82. The first-order chi connectivity index (χ1) is 34.6. The van der Waals surface area contributed by atoms with Crippen molar-refractivity contribution in [1.29, 1.82) is 0 Å². The van der Waals surface area contributed by atoms with Crippen molar-refractivity contribution in [2.24, 2.45) is 17.5 Å². The second-order valence-corrected chi connectivity index (χ2v) is 14.5. The van der Waals surface area contributed by atoms with Crippen LogP contribution in [-0.4, -0.2) is 220 Å². The van der Waals surface area contributed by atoms with Crippen LogP contribution in [0.2, 0.25) is 0 Å². The number of unbranched alkanes of at least 4 members (excludes halogenated alkanes) is 1. The Morgan fingerprint density at radius 3 is 1.86 bits per heavy atom. The van der Waals surface area contributed by atoms with E-state index in [1.165, 1.54) is 24.8 Å². The highest BCUT2D eigenvalue weighted by Crippen LogP contribution is 2.17. The molecule has 72 heavy (non-hydrogen) atoms. The van der Waals surface area contributed by atoms with Gasteiger partial charge in [-0.1, -0.05) is 47.1 Å². The molecule has 0 spiro atoms. The average Bonchev–Trinajstić information content (AvgIpc) is 3.78. The van der Waals surface area contributed by atoms with E-state index in [1.807, 2.05) is 26.1 Å². The Morgan fingerprint density at radius 2 is 1.43 bits per heavy atom. The third kappa shape index (κ3) is 38.2. The molecule has 1 fully saturated rings. The van der Waals surface area contributed by atoms with Gasteiger partial charge in [-0.15, -0.1) is 6.58 Å². The van der Waals surface area contributed by atoms with E-state index >= 15 is 0 Å². The molecule has 2 unspecified atom stereocenters. The van der Waals surface area contributed by atoms with Gasteiger partial charge in [-0.3, -0.25) is 34.4 Å². The van der Waals surface area contributed by atoms with Crippen molar-refractivity contribution in [3.05, 3.63) is 23.0 Å². The van der Waals surface area contributed by atoms with Crippen LogP contribution in [0.5, 0.6) is 0 Å². The number of rotatable bonds is 31. The number of aliphatic hydroxyl groups is 2. The topological polar surface area (TPSA) is 398 Å². The number of nitrogens with one attached hydrogen (secondary N) is 6. The quantitative estimate of drug-likeness (QED) is 0.0120. The van der Waals surface area contributed by atoms with Crippen molar-refractivity contribution in [2.75, 3.05) is 156 Å². The van der Waals surface area contributed by atoms with Gasteiger partial charge in [0.25, 0.3) is 11.5 Å². The lowest BCUT2D eigenvalue weighted by Gasteiger charge is -2.22. The Bertz CT molecular complexity index is 1610. The molecule has 0 saturated carbocycles. The fourth-order valence-corrected chi connectivity index (χ4v) is 5.05. The van der Waals surface area contributed by atoms with Gasteiger partial charge in [-0.2, -0.15) is 4.98 Å². The maximum Gasteiger partial charge on any atom is 0.410 e. The van der Waals surface area contributed by atoms with Crippen molar-refractivity contribution < 1.29 is 72.1 Å². The zero-order valence-corrected chi connectivity index (χ0v) is 43.9. The van der Waals surface area contributed by atoms with Crippen LogP contribution >= 0.6 is 0 Å². The molecule has 0 aliphatic carbocycles. The number of amides is 5. The third-order valence-corrected chi connectivity index (χ3v) is 8.63. The normalized spacial score (nSPS) is 13.4. The number of nitrogens with two attached hydrogens (primary N) is 3. The Balaban J connectivity index is -0.000000726. The largest absolute Gasteiger partial charge is 0.441 e. The molecule has 420 valence electrons. The molecule has 2 rings (SSSR count). The molecule has 2 heterocycles. The molecule has 14 N–H and O–H groups in total. The molecule has 5 amide bonds. The lowest BCUT2D eigenvalue weighted by atomic mass is 10.0. The number of carbonyl (C=O) groups excluding carboxylic acids is 6. The highest BCUT2D eigenvalue weighted by molar-refractivity contribution is 5.91. The average molecular weight is 1040 g/mol. The van der Waals surface area contributed by atoms with Crippen molar-refractivity contribution in [2.45, 2.75) is 65.7 Å². The molecule has 1 saturated heterocycles. The molecule has 1 aliphatic heterocycles. The van der Waals surface area contributed by atoms with Gasteiger partial charge in [-0.05, 0) is 18.9 Å². The Labute approximate surface area is 424 Å². The van der Waals surface area contributed by atoms with Crippen molar-refractivity contribution in [1.82, 2.24) is 36.2 Å². The van der Waals surface area contributed by atoms with Gasteiger partial charge >= 0.3 is 6.09 Å². The Hall–Kier alpha value is -5.56. The Kier molecular flexibility index (Phi) is 51.1. The molecule has 0 bridgehead atoms. The van der Waals surface area contributed by atoms with Crippen molar-refractivity contribution in [3.8, 4) is 0 Å². The monoisotopic (exact) mass is 1040 g/mol. The maximum absolute atomic E-state index is 12.6. The van der Waals surface area contributed by atoms with Gasteiger partial charge in [0.05, 0.1) is 72.6 Å². The lowest BCUT2D eigenvalue weighted by Crippen LogP contribution is -2.52. The number of nitrogen functional groups attached to an aromatic ring is 1. The van der Waals surface area contributed by atoms with Crippen LogP contribution in [0.25, 0.3) is 0 Å². The first-order valence-corrected chi connectivity index (χ1v) is 23.3. The maximum atomic E-state index is 12.6. The van der Waals surface area contributed by atoms with Gasteiger partial charge in [0.2, 0.25) is 23.7 Å². The van der Waals surface area contributed by atoms with Gasteiger partial charge in [-0.25, -0.2) is 10.6 Å². The number of aromatic amines is 1. The van der Waals surface area contributed by atoms with E-state index in [9.17, 15) is 33.9 Å². The summed E-state index contributed by atoms with van der Waals surface area (Å²) in [5, 5.41) is 27.2. The minimum atomic E-state index is -0.887. The number of ether oxygens (including phenoxy) is 7. The van der Waals surface area contributed by atoms with Gasteiger partial charge in [0.1, 0.15) is 37.8 Å². The standard InChI is InChI=1S/C27H50N6O13.C9H15N5O.C4H11N.C2H6.CH4O.CH2O/c1-19(2)25(26(38)30-14-22(35)29-4-5-33(3)27(39)46-21-16-45-15-20(21)34)31-23(36)17-43-12-10-41-8-6-40-7-9-42-11-13-44-18-24(37)32-28;1-4-5-14(3)6-7(11-2)12-9(10)13-8(6)15;1-2-3-4-5;3*1-2/h19-21,25,34H,4-18,28H2,1-3H3,(H,29,35)(H,30,38)(H,31,36)(H,32,37);4H,1,5H2,2-3H3,(H4,10,11,12,13,15);2-5H2,1H3;1-2H3;2H,1H3;1H2/t20?,21-,25?;;;;;/m0...../s1. The van der Waals surface area contributed by atoms with Crippen molar-refractivity contribution in [3.63, 3.8) is 0 Å². The van der Waals surface area contributed by atoms with Crippen LogP contribution in [-0.2, 0) is 57.1 Å². The summed E-state index contributed by atoms with van der Waals surface area (Å²) in [4.78, 5) is 89.1. The predicted octanol–water partition coefficient (Wildman–Crippen LogP) is -2.53. The fourth-order valence-electron chi connectivity index (χ4n) is 5.05. The molecule has 3 atom stereocenters. The summed E-state index contributed by atoms with van der Waals surface area (Å²) in [7, 11) is 5.95. The minimum absolute atomic E-state index is 0.0973. The first-order valence-electron chi connectivity index (χ1n) is 23.3. The zero-order valence-electron chi connectivity index (χ0n) is 43.9. The van der Waals surface area contributed by atoms with E-state index in [0.29, 0.717) is 51.1 Å². The molecule has 28 heteroatoms. The highest BCUT2D eigenvalue weighted by atomic mass is 16.6. The van der Waals surface area contributed by atoms with E-state index in [0.717, 1.165) is 13.7 Å². The van der Waals surface area contributed by atoms with E-state index in [-0.39, 0.29) is 83.3 Å². The first kappa shape index (κ1) is 73.0. The minimum Gasteiger partial charge on any atom is -0.441 e. The van der Waals surface area contributed by atoms with Gasteiger partial charge < -0.3 is 90.7 Å². The van der Waals surface area contributed by atoms with Crippen LogP contribution in [0.1, 0.15) is 47.5 Å². The Morgan fingerprint density at radius 1 is 0.903 bits per heavy atom. The second-order valence-electron chi connectivity index (χ2n) is 14.5. The zero-order chi connectivity index (χ0) is 55.7. The lowest BCUT2D eigenvalue weighted by molar-refractivity contribution is -0.133.